The lowest BCUT2D eigenvalue weighted by atomic mass is 10.2. The maximum atomic E-state index is 5.44. The van der Waals surface area contributed by atoms with Crippen molar-refractivity contribution < 1.29 is 0 Å². The van der Waals surface area contributed by atoms with Crippen molar-refractivity contribution in [2.45, 2.75) is 0 Å². The maximum Gasteiger partial charge on any atom is 0.0531 e. The molecule has 14 heavy (non-hydrogen) atoms. The Hall–Kier alpha value is -0.990. The van der Waals surface area contributed by atoms with Gasteiger partial charge in [0.15, 0.2) is 0 Å². The Morgan fingerprint density at radius 1 is 1.36 bits per heavy atom. The molecule has 0 amide bonds. The van der Waals surface area contributed by atoms with E-state index in [0.717, 1.165) is 6.54 Å². The van der Waals surface area contributed by atoms with Crippen molar-refractivity contribution >= 4 is 38.7 Å². The summed E-state index contributed by atoms with van der Waals surface area (Å²) in [7, 11) is 0. The molecule has 0 saturated carbocycles. The van der Waals surface area contributed by atoms with E-state index in [9.17, 15) is 0 Å². The molecule has 0 radical (unpaired) electrons. The first-order valence-electron chi connectivity index (χ1n) is 4.37. The summed E-state index contributed by atoms with van der Waals surface area (Å²) < 4.78 is 1.31. The van der Waals surface area contributed by atoms with E-state index in [0.29, 0.717) is 0 Å². The third-order valence-corrected chi connectivity index (χ3v) is 3.12. The second-order valence-electron chi connectivity index (χ2n) is 2.89. The number of thiophene rings is 1. The van der Waals surface area contributed by atoms with Gasteiger partial charge in [0, 0.05) is 27.5 Å². The van der Waals surface area contributed by atoms with Gasteiger partial charge in [-0.2, -0.15) is 0 Å². The Labute approximate surface area is 92.0 Å². The van der Waals surface area contributed by atoms with Crippen LogP contribution in [-0.2, 0) is 0 Å². The van der Waals surface area contributed by atoms with Crippen LogP contribution in [0.25, 0.3) is 10.1 Å². The van der Waals surface area contributed by atoms with E-state index < -0.39 is 0 Å². The van der Waals surface area contributed by atoms with Gasteiger partial charge < -0.3 is 5.32 Å². The van der Waals surface area contributed by atoms with Gasteiger partial charge in [-0.15, -0.1) is 11.3 Å². The van der Waals surface area contributed by atoms with Gasteiger partial charge in [-0.05, 0) is 6.07 Å². The van der Waals surface area contributed by atoms with Crippen LogP contribution in [0.4, 0.5) is 5.69 Å². The first-order chi connectivity index (χ1) is 6.92. The molecule has 0 aliphatic heterocycles. The highest BCUT2D eigenvalue weighted by Crippen LogP contribution is 2.29. The molecule has 2 aromatic rings. The van der Waals surface area contributed by atoms with E-state index >= 15 is 0 Å². The summed E-state index contributed by atoms with van der Waals surface area (Å²) in [6.45, 7) is 0.768. The summed E-state index contributed by atoms with van der Waals surface area (Å²) in [5, 5.41) is 6.72. The molecule has 2 rings (SSSR count). The SMILES string of the molecule is Cl/C=C/CNc1csc2ccccc12. The van der Waals surface area contributed by atoms with Gasteiger partial charge in [0.05, 0.1) is 5.69 Å². The minimum Gasteiger partial charge on any atom is -0.380 e. The van der Waals surface area contributed by atoms with Crippen molar-refractivity contribution in [1.29, 1.82) is 0 Å². The number of benzene rings is 1. The standard InChI is InChI=1S/C11H10ClNS/c12-6-3-7-13-10-8-14-11-5-2-1-4-9(10)11/h1-6,8,13H,7H2/b6-3+. The summed E-state index contributed by atoms with van der Waals surface area (Å²) in [5.74, 6) is 0. The molecule has 72 valence electrons. The zero-order valence-electron chi connectivity index (χ0n) is 7.53. The molecule has 1 heterocycles. The molecule has 0 bridgehead atoms. The van der Waals surface area contributed by atoms with Crippen LogP contribution in [0.5, 0.6) is 0 Å². The first-order valence-corrected chi connectivity index (χ1v) is 5.69. The van der Waals surface area contributed by atoms with Gasteiger partial charge in [-0.25, -0.2) is 0 Å². The van der Waals surface area contributed by atoms with E-state index in [-0.39, 0.29) is 0 Å². The van der Waals surface area contributed by atoms with Crippen molar-refractivity contribution in [2.24, 2.45) is 0 Å². The summed E-state index contributed by atoms with van der Waals surface area (Å²) in [4.78, 5) is 0. The van der Waals surface area contributed by atoms with Crippen molar-refractivity contribution in [3.8, 4) is 0 Å². The molecule has 0 fully saturated rings. The Balaban J connectivity index is 2.25. The Morgan fingerprint density at radius 2 is 2.21 bits per heavy atom. The third kappa shape index (κ3) is 1.91. The fraction of sp³-hybridized carbons (Fsp3) is 0.0909. The average Bonchev–Trinajstić information content (AvgIpc) is 2.63. The lowest BCUT2D eigenvalue weighted by Crippen LogP contribution is -1.96. The fourth-order valence-electron chi connectivity index (χ4n) is 1.33. The van der Waals surface area contributed by atoms with Crippen LogP contribution in [0.1, 0.15) is 0 Å². The number of nitrogens with one attached hydrogen (secondary N) is 1. The van der Waals surface area contributed by atoms with E-state index in [1.165, 1.54) is 21.3 Å². The molecule has 0 unspecified atom stereocenters. The van der Waals surface area contributed by atoms with Crippen molar-refractivity contribution in [1.82, 2.24) is 0 Å². The molecule has 1 N–H and O–H groups in total. The summed E-state index contributed by atoms with van der Waals surface area (Å²) in [6.07, 6.45) is 1.88. The minimum absolute atomic E-state index is 0.768. The molecule has 3 heteroatoms. The van der Waals surface area contributed by atoms with E-state index in [1.54, 1.807) is 11.3 Å². The summed E-state index contributed by atoms with van der Waals surface area (Å²) in [5.41, 5.74) is 2.71. The van der Waals surface area contributed by atoms with Crippen molar-refractivity contribution in [3.63, 3.8) is 0 Å². The molecular weight excluding hydrogens is 214 g/mol. The number of halogens is 1. The number of hydrogen-bond acceptors (Lipinski definition) is 2. The quantitative estimate of drug-likeness (QED) is 0.827. The number of fused-ring (bicyclic) bond motifs is 1. The van der Waals surface area contributed by atoms with E-state index in [2.05, 4.69) is 35.0 Å². The smallest absolute Gasteiger partial charge is 0.0531 e. The Bertz CT molecular complexity index is 447. The van der Waals surface area contributed by atoms with Crippen LogP contribution >= 0.6 is 22.9 Å². The van der Waals surface area contributed by atoms with Crippen molar-refractivity contribution in [3.05, 3.63) is 41.3 Å². The lowest BCUT2D eigenvalue weighted by Gasteiger charge is -1.99. The zero-order valence-corrected chi connectivity index (χ0v) is 9.11. The molecule has 0 aliphatic carbocycles. The number of rotatable bonds is 3. The van der Waals surface area contributed by atoms with E-state index in [1.807, 2.05) is 6.08 Å². The normalized spacial score (nSPS) is 11.2. The summed E-state index contributed by atoms with van der Waals surface area (Å²) >= 11 is 7.19. The average molecular weight is 224 g/mol. The highest BCUT2D eigenvalue weighted by Gasteiger charge is 2.00. The molecule has 0 spiro atoms. The largest absolute Gasteiger partial charge is 0.380 e. The third-order valence-electron chi connectivity index (χ3n) is 1.98. The van der Waals surface area contributed by atoms with Crippen LogP contribution in [-0.4, -0.2) is 6.54 Å². The van der Waals surface area contributed by atoms with Gasteiger partial charge in [0.2, 0.25) is 0 Å². The van der Waals surface area contributed by atoms with Gasteiger partial charge >= 0.3 is 0 Å². The predicted octanol–water partition coefficient (Wildman–Crippen LogP) is 4.07. The van der Waals surface area contributed by atoms with Crippen LogP contribution in [0.15, 0.2) is 41.3 Å². The molecule has 0 saturated heterocycles. The highest BCUT2D eigenvalue weighted by atomic mass is 35.5. The summed E-state index contributed by atoms with van der Waals surface area (Å²) in [6, 6.07) is 8.36. The second kappa shape index (κ2) is 4.49. The Morgan fingerprint density at radius 3 is 3.07 bits per heavy atom. The van der Waals surface area contributed by atoms with Crippen LogP contribution in [0.2, 0.25) is 0 Å². The zero-order chi connectivity index (χ0) is 9.80. The van der Waals surface area contributed by atoms with Gasteiger partial charge in [0.1, 0.15) is 0 Å². The van der Waals surface area contributed by atoms with Gasteiger partial charge in [-0.1, -0.05) is 35.9 Å². The molecule has 1 aromatic carbocycles. The Kier molecular flexibility index (Phi) is 3.07. The van der Waals surface area contributed by atoms with Gasteiger partial charge in [0.25, 0.3) is 0 Å². The van der Waals surface area contributed by atoms with Crippen LogP contribution < -0.4 is 5.32 Å². The first kappa shape index (κ1) is 9.56. The number of hydrogen-bond donors (Lipinski definition) is 1. The monoisotopic (exact) mass is 223 g/mol. The molecular formula is C11H10ClNS. The van der Waals surface area contributed by atoms with Gasteiger partial charge in [-0.3, -0.25) is 0 Å². The molecule has 1 nitrogen and oxygen atoms in total. The maximum absolute atomic E-state index is 5.44. The van der Waals surface area contributed by atoms with E-state index in [4.69, 9.17) is 11.6 Å². The minimum atomic E-state index is 0.768. The van der Waals surface area contributed by atoms with Crippen LogP contribution in [0, 0.1) is 0 Å². The molecule has 0 aliphatic rings. The fourth-order valence-corrected chi connectivity index (χ4v) is 2.33. The molecule has 0 atom stereocenters. The highest BCUT2D eigenvalue weighted by molar-refractivity contribution is 7.17. The topological polar surface area (TPSA) is 12.0 Å². The number of anilines is 1. The van der Waals surface area contributed by atoms with Crippen molar-refractivity contribution in [2.75, 3.05) is 11.9 Å². The second-order valence-corrected chi connectivity index (χ2v) is 4.05. The predicted molar refractivity (Wildman–Crippen MR) is 65.3 cm³/mol. The molecule has 1 aromatic heterocycles. The van der Waals surface area contributed by atoms with Crippen LogP contribution in [0.3, 0.4) is 0 Å². The lowest BCUT2D eigenvalue weighted by molar-refractivity contribution is 1.36.